The van der Waals surface area contributed by atoms with Crippen molar-refractivity contribution in [3.05, 3.63) is 23.9 Å². The van der Waals surface area contributed by atoms with Crippen LogP contribution in [-0.4, -0.2) is 30.0 Å². The summed E-state index contributed by atoms with van der Waals surface area (Å²) in [6.07, 6.45) is 2.92. The molecule has 0 aliphatic rings. The lowest BCUT2D eigenvalue weighted by Crippen LogP contribution is -2.23. The second-order valence-electron chi connectivity index (χ2n) is 4.70. The molecule has 1 unspecified atom stereocenters. The molecule has 18 heavy (non-hydrogen) atoms. The summed E-state index contributed by atoms with van der Waals surface area (Å²) in [5, 5.41) is 12.1. The first-order valence-corrected chi connectivity index (χ1v) is 6.42. The monoisotopic (exact) mass is 246 g/mol. The number of anilines is 1. The van der Waals surface area contributed by atoms with E-state index in [9.17, 15) is 0 Å². The predicted octanol–water partition coefficient (Wildman–Crippen LogP) is 2.49. The van der Waals surface area contributed by atoms with Gasteiger partial charge in [-0.1, -0.05) is 6.92 Å². The van der Waals surface area contributed by atoms with Gasteiger partial charge in [-0.15, -0.1) is 0 Å². The number of hydrogen-bond acceptors (Lipinski definition) is 4. The van der Waals surface area contributed by atoms with Crippen LogP contribution in [0.5, 0.6) is 0 Å². The normalized spacial score (nSPS) is 12.2. The molecule has 1 atom stereocenters. The number of hydrogen-bond donors (Lipinski definition) is 1. The Labute approximate surface area is 110 Å². The van der Waals surface area contributed by atoms with Crippen LogP contribution in [0.1, 0.15) is 25.8 Å². The van der Waals surface area contributed by atoms with Crippen LogP contribution in [0.3, 0.4) is 0 Å². The summed E-state index contributed by atoms with van der Waals surface area (Å²) in [4.78, 5) is 6.44. The van der Waals surface area contributed by atoms with Crippen molar-refractivity contribution in [1.82, 2.24) is 9.88 Å². The molecule has 0 saturated heterocycles. The zero-order valence-electron chi connectivity index (χ0n) is 11.5. The van der Waals surface area contributed by atoms with Gasteiger partial charge in [-0.05, 0) is 38.1 Å². The lowest BCUT2D eigenvalue weighted by atomic mass is 10.2. The van der Waals surface area contributed by atoms with E-state index in [-0.39, 0.29) is 5.92 Å². The van der Waals surface area contributed by atoms with Gasteiger partial charge in [-0.3, -0.25) is 0 Å². The fraction of sp³-hybridized carbons (Fsp3) is 0.571. The van der Waals surface area contributed by atoms with Gasteiger partial charge in [0.1, 0.15) is 5.82 Å². The Balaban J connectivity index is 2.53. The topological polar surface area (TPSA) is 52.0 Å². The van der Waals surface area contributed by atoms with Gasteiger partial charge in [-0.2, -0.15) is 5.26 Å². The minimum atomic E-state index is 0.0644. The van der Waals surface area contributed by atoms with E-state index in [1.54, 1.807) is 0 Å². The Morgan fingerprint density at radius 2 is 2.33 bits per heavy atom. The van der Waals surface area contributed by atoms with E-state index >= 15 is 0 Å². The zero-order chi connectivity index (χ0) is 13.4. The molecule has 1 aromatic heterocycles. The van der Waals surface area contributed by atoms with E-state index in [1.807, 2.05) is 26.2 Å². The van der Waals surface area contributed by atoms with Gasteiger partial charge in [0.15, 0.2) is 0 Å². The molecule has 98 valence electrons. The first kappa shape index (κ1) is 14.5. The van der Waals surface area contributed by atoms with Crippen LogP contribution in [0.25, 0.3) is 0 Å². The number of pyridine rings is 1. The molecule has 1 heterocycles. The van der Waals surface area contributed by atoms with Gasteiger partial charge < -0.3 is 10.2 Å². The van der Waals surface area contributed by atoms with E-state index in [0.717, 1.165) is 31.9 Å². The minimum Gasteiger partial charge on any atom is -0.370 e. The molecule has 0 radical (unpaired) electrons. The molecule has 0 amide bonds. The third-order valence-corrected chi connectivity index (χ3v) is 2.64. The van der Waals surface area contributed by atoms with Crippen molar-refractivity contribution < 1.29 is 0 Å². The fourth-order valence-corrected chi connectivity index (χ4v) is 1.81. The summed E-state index contributed by atoms with van der Waals surface area (Å²) >= 11 is 0. The highest BCUT2D eigenvalue weighted by molar-refractivity contribution is 5.37. The molecule has 0 spiro atoms. The summed E-state index contributed by atoms with van der Waals surface area (Å²) in [5.74, 6) is 0.991. The quantitative estimate of drug-likeness (QED) is 0.803. The standard InChI is InChI=1S/C14H22N4/c1-4-6-16-14-8-13(5-7-17-14)11-18(3)10-12(2)9-15/h5,7-8,12H,4,6,10-11H2,1-3H3,(H,16,17). The Morgan fingerprint density at radius 1 is 1.56 bits per heavy atom. The highest BCUT2D eigenvalue weighted by Crippen LogP contribution is 2.10. The second-order valence-corrected chi connectivity index (χ2v) is 4.70. The molecule has 4 nitrogen and oxygen atoms in total. The van der Waals surface area contributed by atoms with Crippen LogP contribution in [0.4, 0.5) is 5.82 Å². The van der Waals surface area contributed by atoms with Gasteiger partial charge in [-0.25, -0.2) is 4.98 Å². The van der Waals surface area contributed by atoms with Gasteiger partial charge in [0.25, 0.3) is 0 Å². The van der Waals surface area contributed by atoms with E-state index in [2.05, 4.69) is 34.3 Å². The SMILES string of the molecule is CCCNc1cc(CN(C)CC(C)C#N)ccn1. The van der Waals surface area contributed by atoms with Crippen LogP contribution < -0.4 is 5.32 Å². The van der Waals surface area contributed by atoms with Crippen molar-refractivity contribution in [2.75, 3.05) is 25.5 Å². The van der Waals surface area contributed by atoms with Gasteiger partial charge in [0.05, 0.1) is 12.0 Å². The van der Waals surface area contributed by atoms with Crippen LogP contribution in [0, 0.1) is 17.2 Å². The maximum Gasteiger partial charge on any atom is 0.126 e. The molecule has 0 bridgehead atoms. The number of nitrogens with zero attached hydrogens (tertiary/aromatic N) is 3. The molecule has 0 aromatic carbocycles. The third-order valence-electron chi connectivity index (χ3n) is 2.64. The first-order chi connectivity index (χ1) is 8.65. The van der Waals surface area contributed by atoms with Crippen molar-refractivity contribution >= 4 is 5.82 Å². The summed E-state index contributed by atoms with van der Waals surface area (Å²) in [6, 6.07) is 6.35. The summed E-state index contributed by atoms with van der Waals surface area (Å²) in [5.41, 5.74) is 1.22. The largest absolute Gasteiger partial charge is 0.370 e. The molecule has 4 heteroatoms. The van der Waals surface area contributed by atoms with Crippen molar-refractivity contribution in [3.8, 4) is 6.07 Å². The molecule has 0 aliphatic heterocycles. The lowest BCUT2D eigenvalue weighted by Gasteiger charge is -2.18. The smallest absolute Gasteiger partial charge is 0.126 e. The molecule has 0 saturated carbocycles. The number of nitriles is 1. The maximum atomic E-state index is 8.79. The predicted molar refractivity (Wildman–Crippen MR) is 74.1 cm³/mol. The van der Waals surface area contributed by atoms with Crippen molar-refractivity contribution in [3.63, 3.8) is 0 Å². The third kappa shape index (κ3) is 5.15. The Morgan fingerprint density at radius 3 is 3.00 bits per heavy atom. The summed E-state index contributed by atoms with van der Waals surface area (Å²) in [7, 11) is 2.04. The molecule has 1 aromatic rings. The number of rotatable bonds is 7. The van der Waals surface area contributed by atoms with Gasteiger partial charge >= 0.3 is 0 Å². The Bertz CT molecular complexity index is 397. The van der Waals surface area contributed by atoms with E-state index in [0.29, 0.717) is 0 Å². The first-order valence-electron chi connectivity index (χ1n) is 6.42. The maximum absolute atomic E-state index is 8.79. The molecule has 0 fully saturated rings. The molecule has 1 rings (SSSR count). The number of nitrogens with one attached hydrogen (secondary N) is 1. The van der Waals surface area contributed by atoms with Crippen molar-refractivity contribution in [2.45, 2.75) is 26.8 Å². The van der Waals surface area contributed by atoms with Crippen LogP contribution >= 0.6 is 0 Å². The van der Waals surface area contributed by atoms with Crippen LogP contribution in [0.2, 0.25) is 0 Å². The van der Waals surface area contributed by atoms with Crippen molar-refractivity contribution in [2.24, 2.45) is 5.92 Å². The molecular weight excluding hydrogens is 224 g/mol. The Hall–Kier alpha value is -1.60. The highest BCUT2D eigenvalue weighted by atomic mass is 15.1. The lowest BCUT2D eigenvalue weighted by molar-refractivity contribution is 0.303. The zero-order valence-corrected chi connectivity index (χ0v) is 11.5. The average Bonchev–Trinajstić information content (AvgIpc) is 2.36. The van der Waals surface area contributed by atoms with Gasteiger partial charge in [0, 0.05) is 25.8 Å². The van der Waals surface area contributed by atoms with E-state index in [4.69, 9.17) is 5.26 Å². The molecule has 1 N–H and O–H groups in total. The Kier molecular flexibility index (Phi) is 6.16. The number of aromatic nitrogens is 1. The average molecular weight is 246 g/mol. The molecule has 0 aliphatic carbocycles. The highest BCUT2D eigenvalue weighted by Gasteiger charge is 2.06. The summed E-state index contributed by atoms with van der Waals surface area (Å²) in [6.45, 7) is 6.65. The minimum absolute atomic E-state index is 0.0644. The molecular formula is C14H22N4. The second kappa shape index (κ2) is 7.67. The van der Waals surface area contributed by atoms with E-state index < -0.39 is 0 Å². The van der Waals surface area contributed by atoms with E-state index in [1.165, 1.54) is 5.56 Å². The van der Waals surface area contributed by atoms with Crippen molar-refractivity contribution in [1.29, 1.82) is 5.26 Å². The van der Waals surface area contributed by atoms with Gasteiger partial charge in [0.2, 0.25) is 0 Å². The fourth-order valence-electron chi connectivity index (χ4n) is 1.81. The van der Waals surface area contributed by atoms with Crippen LogP contribution in [0.15, 0.2) is 18.3 Å². The summed E-state index contributed by atoms with van der Waals surface area (Å²) < 4.78 is 0. The van der Waals surface area contributed by atoms with Crippen LogP contribution in [-0.2, 0) is 6.54 Å².